The molecule has 0 saturated heterocycles. The largest absolute Gasteiger partial charge is 0.395 e. The zero-order chi connectivity index (χ0) is 15.5. The van der Waals surface area contributed by atoms with Gasteiger partial charge in [-0.25, -0.2) is 17.5 Å². The van der Waals surface area contributed by atoms with Gasteiger partial charge in [0.05, 0.1) is 6.61 Å². The van der Waals surface area contributed by atoms with Gasteiger partial charge in [0.2, 0.25) is 10.0 Å². The Bertz CT molecular complexity index is 583. The molecule has 1 aromatic carbocycles. The first kappa shape index (κ1) is 16.4. The number of hydrogen-bond donors (Lipinski definition) is 2. The van der Waals surface area contributed by atoms with Crippen molar-refractivity contribution < 1.29 is 17.9 Å². The SMILES string of the molecule is Cc1ccc(S(=O)(=O)NC(CO)CC2CCCC2)c(F)c1. The minimum atomic E-state index is -3.95. The monoisotopic (exact) mass is 315 g/mol. The lowest BCUT2D eigenvalue weighted by Gasteiger charge is -2.20. The van der Waals surface area contributed by atoms with E-state index < -0.39 is 21.9 Å². The molecule has 1 unspecified atom stereocenters. The minimum Gasteiger partial charge on any atom is -0.395 e. The van der Waals surface area contributed by atoms with E-state index in [0.717, 1.165) is 25.7 Å². The number of aliphatic hydroxyl groups excluding tert-OH is 1. The summed E-state index contributed by atoms with van der Waals surface area (Å²) in [5.74, 6) is -0.326. The maximum Gasteiger partial charge on any atom is 0.243 e. The van der Waals surface area contributed by atoms with Crippen molar-refractivity contribution in [3.63, 3.8) is 0 Å². The zero-order valence-corrected chi connectivity index (χ0v) is 13.0. The van der Waals surface area contributed by atoms with Crippen LogP contribution in [0.1, 0.15) is 37.7 Å². The third-order valence-corrected chi connectivity index (χ3v) is 5.57. The Labute approximate surface area is 125 Å². The number of halogens is 1. The van der Waals surface area contributed by atoms with Crippen LogP contribution in [0, 0.1) is 18.7 Å². The van der Waals surface area contributed by atoms with Crippen LogP contribution in [0.25, 0.3) is 0 Å². The molecule has 1 aliphatic rings. The molecule has 0 amide bonds. The number of aliphatic hydroxyl groups is 1. The Morgan fingerprint density at radius 1 is 1.38 bits per heavy atom. The molecule has 0 spiro atoms. The predicted molar refractivity (Wildman–Crippen MR) is 78.9 cm³/mol. The van der Waals surface area contributed by atoms with Crippen LogP contribution in [-0.2, 0) is 10.0 Å². The van der Waals surface area contributed by atoms with Gasteiger partial charge in [-0.05, 0) is 37.0 Å². The highest BCUT2D eigenvalue weighted by atomic mass is 32.2. The smallest absolute Gasteiger partial charge is 0.243 e. The molecule has 6 heteroatoms. The molecule has 1 aromatic rings. The molecule has 21 heavy (non-hydrogen) atoms. The maximum atomic E-state index is 13.8. The fourth-order valence-electron chi connectivity index (χ4n) is 2.92. The van der Waals surface area contributed by atoms with E-state index in [1.807, 2.05) is 0 Å². The van der Waals surface area contributed by atoms with E-state index >= 15 is 0 Å². The summed E-state index contributed by atoms with van der Waals surface area (Å²) < 4.78 is 40.7. The highest BCUT2D eigenvalue weighted by Gasteiger charge is 2.26. The molecule has 118 valence electrons. The number of sulfonamides is 1. The molecule has 0 heterocycles. The summed E-state index contributed by atoms with van der Waals surface area (Å²) >= 11 is 0. The number of benzene rings is 1. The average molecular weight is 315 g/mol. The van der Waals surface area contributed by atoms with E-state index in [-0.39, 0.29) is 11.5 Å². The molecule has 1 aliphatic carbocycles. The summed E-state index contributed by atoms with van der Waals surface area (Å²) in [4.78, 5) is -0.363. The standard InChI is InChI=1S/C15H22FNO3S/c1-11-6-7-15(14(16)8-11)21(19,20)17-13(10-18)9-12-4-2-3-5-12/h6-8,12-13,17-18H,2-5,9-10H2,1H3. The number of hydrogen-bond acceptors (Lipinski definition) is 3. The van der Waals surface area contributed by atoms with Gasteiger partial charge in [0.25, 0.3) is 0 Å². The number of nitrogens with one attached hydrogen (secondary N) is 1. The van der Waals surface area contributed by atoms with Crippen molar-refractivity contribution in [2.45, 2.75) is 50.0 Å². The van der Waals surface area contributed by atoms with E-state index in [9.17, 15) is 17.9 Å². The van der Waals surface area contributed by atoms with E-state index in [2.05, 4.69) is 4.72 Å². The van der Waals surface area contributed by atoms with Gasteiger partial charge in [-0.2, -0.15) is 0 Å². The average Bonchev–Trinajstić information content (AvgIpc) is 2.90. The molecule has 0 bridgehead atoms. The molecule has 1 atom stereocenters. The molecule has 1 fully saturated rings. The quantitative estimate of drug-likeness (QED) is 0.847. The molecule has 0 aliphatic heterocycles. The lowest BCUT2D eigenvalue weighted by molar-refractivity contribution is 0.235. The second-order valence-corrected chi connectivity index (χ2v) is 7.50. The van der Waals surface area contributed by atoms with Crippen molar-refractivity contribution in [2.24, 2.45) is 5.92 Å². The van der Waals surface area contributed by atoms with Crippen LogP contribution in [0.2, 0.25) is 0 Å². The van der Waals surface area contributed by atoms with Crippen LogP contribution < -0.4 is 4.72 Å². The van der Waals surface area contributed by atoms with E-state index in [0.29, 0.717) is 17.9 Å². The molecular weight excluding hydrogens is 293 g/mol. The van der Waals surface area contributed by atoms with Crippen molar-refractivity contribution >= 4 is 10.0 Å². The normalized spacial score (nSPS) is 18.0. The summed E-state index contributed by atoms with van der Waals surface area (Å²) in [6, 6.07) is 3.46. The Morgan fingerprint density at radius 3 is 2.62 bits per heavy atom. The highest BCUT2D eigenvalue weighted by molar-refractivity contribution is 7.89. The van der Waals surface area contributed by atoms with Gasteiger partial charge < -0.3 is 5.11 Å². The van der Waals surface area contributed by atoms with Crippen molar-refractivity contribution in [1.82, 2.24) is 4.72 Å². The van der Waals surface area contributed by atoms with Gasteiger partial charge in [-0.1, -0.05) is 31.7 Å². The fraction of sp³-hybridized carbons (Fsp3) is 0.600. The van der Waals surface area contributed by atoms with E-state index in [4.69, 9.17) is 0 Å². The molecule has 4 nitrogen and oxygen atoms in total. The van der Waals surface area contributed by atoms with Gasteiger partial charge in [-0.15, -0.1) is 0 Å². The van der Waals surface area contributed by atoms with Crippen molar-refractivity contribution in [2.75, 3.05) is 6.61 Å². The third-order valence-electron chi connectivity index (χ3n) is 4.01. The van der Waals surface area contributed by atoms with Crippen LogP contribution in [0.5, 0.6) is 0 Å². The Kier molecular flexibility index (Phi) is 5.35. The molecule has 0 radical (unpaired) electrons. The number of rotatable bonds is 6. The van der Waals surface area contributed by atoms with Crippen molar-refractivity contribution in [3.8, 4) is 0 Å². The van der Waals surface area contributed by atoms with Gasteiger partial charge in [0.15, 0.2) is 0 Å². The summed E-state index contributed by atoms with van der Waals surface area (Å²) in [7, 11) is -3.95. The summed E-state index contributed by atoms with van der Waals surface area (Å²) in [5, 5.41) is 9.39. The van der Waals surface area contributed by atoms with Crippen LogP contribution >= 0.6 is 0 Å². The van der Waals surface area contributed by atoms with E-state index in [1.54, 1.807) is 13.0 Å². The summed E-state index contributed by atoms with van der Waals surface area (Å²) in [6.07, 6.45) is 5.04. The van der Waals surface area contributed by atoms with Crippen LogP contribution in [0.4, 0.5) is 4.39 Å². The molecule has 2 N–H and O–H groups in total. The molecular formula is C15H22FNO3S. The van der Waals surface area contributed by atoms with Crippen LogP contribution in [-0.4, -0.2) is 26.2 Å². The Balaban J connectivity index is 2.10. The Morgan fingerprint density at radius 2 is 2.05 bits per heavy atom. The van der Waals surface area contributed by atoms with E-state index in [1.165, 1.54) is 12.1 Å². The van der Waals surface area contributed by atoms with Gasteiger partial charge >= 0.3 is 0 Å². The topological polar surface area (TPSA) is 66.4 Å². The first-order valence-corrected chi connectivity index (χ1v) is 8.80. The second kappa shape index (κ2) is 6.85. The lowest BCUT2D eigenvalue weighted by atomic mass is 9.99. The first-order valence-electron chi connectivity index (χ1n) is 7.31. The molecule has 0 aromatic heterocycles. The predicted octanol–water partition coefficient (Wildman–Crippen LogP) is 2.35. The molecule has 2 rings (SSSR count). The minimum absolute atomic E-state index is 0.275. The first-order chi connectivity index (χ1) is 9.92. The van der Waals surface area contributed by atoms with Crippen LogP contribution in [0.15, 0.2) is 23.1 Å². The summed E-state index contributed by atoms with van der Waals surface area (Å²) in [6.45, 7) is 1.42. The summed E-state index contributed by atoms with van der Waals surface area (Å²) in [5.41, 5.74) is 0.663. The van der Waals surface area contributed by atoms with Gasteiger partial charge in [0.1, 0.15) is 10.7 Å². The van der Waals surface area contributed by atoms with Gasteiger partial charge in [-0.3, -0.25) is 0 Å². The van der Waals surface area contributed by atoms with Crippen LogP contribution in [0.3, 0.4) is 0 Å². The molecule has 1 saturated carbocycles. The third kappa shape index (κ3) is 4.25. The second-order valence-electron chi connectivity index (χ2n) is 5.82. The zero-order valence-electron chi connectivity index (χ0n) is 12.2. The fourth-order valence-corrected chi connectivity index (χ4v) is 4.21. The Hall–Kier alpha value is -0.980. The van der Waals surface area contributed by atoms with Crippen molar-refractivity contribution in [3.05, 3.63) is 29.6 Å². The van der Waals surface area contributed by atoms with Crippen molar-refractivity contribution in [1.29, 1.82) is 0 Å². The number of aryl methyl sites for hydroxylation is 1. The lowest BCUT2D eigenvalue weighted by Crippen LogP contribution is -2.39. The highest BCUT2D eigenvalue weighted by Crippen LogP contribution is 2.29. The van der Waals surface area contributed by atoms with Gasteiger partial charge in [0, 0.05) is 6.04 Å². The maximum absolute atomic E-state index is 13.8.